The van der Waals surface area contributed by atoms with E-state index in [1.807, 2.05) is 6.92 Å². The fourth-order valence-electron chi connectivity index (χ4n) is 3.14. The molecule has 0 amide bonds. The molecule has 1 fully saturated rings. The van der Waals surface area contributed by atoms with Gasteiger partial charge in [0.25, 0.3) is 0 Å². The Balaban J connectivity index is 1.85. The second-order valence-corrected chi connectivity index (χ2v) is 6.94. The van der Waals surface area contributed by atoms with Gasteiger partial charge in [-0.1, -0.05) is 30.1 Å². The molecule has 3 atom stereocenters. The summed E-state index contributed by atoms with van der Waals surface area (Å²) in [4.78, 5) is 3.94. The number of hydrogen-bond acceptors (Lipinski definition) is 4. The van der Waals surface area contributed by atoms with Crippen LogP contribution < -0.4 is 4.74 Å². The first-order valence-electron chi connectivity index (χ1n) is 7.65. The molecule has 1 aromatic carbocycles. The molecular weight excluding hydrogens is 337 g/mol. The van der Waals surface area contributed by atoms with Crippen molar-refractivity contribution in [1.29, 1.82) is 0 Å². The third kappa shape index (κ3) is 3.47. The summed E-state index contributed by atoms with van der Waals surface area (Å²) in [6, 6.07) is 5.10. The number of nitrogens with zero attached hydrogens (tertiary/aromatic N) is 3. The number of rotatable bonds is 4. The van der Waals surface area contributed by atoms with Gasteiger partial charge in [-0.05, 0) is 43.4 Å². The smallest absolute Gasteiger partial charge is 0.138 e. The number of aliphatic hydroxyl groups is 1. The molecule has 0 unspecified atom stereocenters. The van der Waals surface area contributed by atoms with Crippen molar-refractivity contribution >= 4 is 23.2 Å². The summed E-state index contributed by atoms with van der Waals surface area (Å²) in [5.74, 6) is 0.615. The lowest BCUT2D eigenvalue weighted by atomic mass is 9.74. The maximum Gasteiger partial charge on any atom is 0.138 e. The Labute approximate surface area is 145 Å². The highest BCUT2D eigenvalue weighted by Crippen LogP contribution is 2.39. The van der Waals surface area contributed by atoms with E-state index < -0.39 is 5.60 Å². The van der Waals surface area contributed by atoms with E-state index in [2.05, 4.69) is 10.1 Å². The molecule has 0 bridgehead atoms. The van der Waals surface area contributed by atoms with Crippen LogP contribution in [0.15, 0.2) is 30.9 Å². The monoisotopic (exact) mass is 355 g/mol. The first kappa shape index (κ1) is 16.6. The minimum Gasteiger partial charge on any atom is -0.486 e. The molecule has 1 N–H and O–H groups in total. The van der Waals surface area contributed by atoms with Gasteiger partial charge in [-0.25, -0.2) is 9.67 Å². The lowest BCUT2D eigenvalue weighted by molar-refractivity contribution is -0.132. The van der Waals surface area contributed by atoms with Crippen molar-refractivity contribution < 1.29 is 9.84 Å². The largest absolute Gasteiger partial charge is 0.486 e. The second kappa shape index (κ2) is 6.67. The molecule has 7 heteroatoms. The minimum absolute atomic E-state index is 0.0801. The summed E-state index contributed by atoms with van der Waals surface area (Å²) in [5.41, 5.74) is -1.03. The fraction of sp³-hybridized carbons (Fsp3) is 0.500. The average molecular weight is 356 g/mol. The molecule has 0 radical (unpaired) electrons. The third-order valence-electron chi connectivity index (χ3n) is 4.56. The molecule has 1 heterocycles. The Hall–Kier alpha value is -1.30. The molecule has 0 spiro atoms. The van der Waals surface area contributed by atoms with Crippen molar-refractivity contribution in [3.63, 3.8) is 0 Å². The highest BCUT2D eigenvalue weighted by molar-refractivity contribution is 6.35. The number of benzene rings is 1. The van der Waals surface area contributed by atoms with Crippen LogP contribution in [0.25, 0.3) is 0 Å². The van der Waals surface area contributed by atoms with Crippen LogP contribution >= 0.6 is 23.2 Å². The number of ether oxygens (including phenoxy) is 1. The number of aromatic nitrogens is 3. The quantitative estimate of drug-likeness (QED) is 0.910. The average Bonchev–Trinajstić information content (AvgIpc) is 2.99. The van der Waals surface area contributed by atoms with Gasteiger partial charge < -0.3 is 9.84 Å². The van der Waals surface area contributed by atoms with Crippen LogP contribution in [0.5, 0.6) is 5.75 Å². The zero-order chi connectivity index (χ0) is 16.4. The van der Waals surface area contributed by atoms with Crippen LogP contribution in [0, 0.1) is 5.92 Å². The summed E-state index contributed by atoms with van der Waals surface area (Å²) in [6.45, 7) is 2.37. The molecule has 5 nitrogen and oxygen atoms in total. The highest BCUT2D eigenvalue weighted by Gasteiger charge is 2.46. The molecule has 1 aliphatic rings. The minimum atomic E-state index is -1.03. The third-order valence-corrected chi connectivity index (χ3v) is 5.09. The van der Waals surface area contributed by atoms with Crippen LogP contribution in [0.2, 0.25) is 10.0 Å². The topological polar surface area (TPSA) is 60.2 Å². The van der Waals surface area contributed by atoms with Crippen molar-refractivity contribution in [2.24, 2.45) is 5.92 Å². The molecule has 23 heavy (non-hydrogen) atoms. The van der Waals surface area contributed by atoms with E-state index in [0.717, 1.165) is 19.3 Å². The first-order chi connectivity index (χ1) is 11.0. The summed E-state index contributed by atoms with van der Waals surface area (Å²) in [6.07, 6.45) is 5.40. The van der Waals surface area contributed by atoms with Crippen molar-refractivity contribution in [3.05, 3.63) is 40.9 Å². The van der Waals surface area contributed by atoms with Crippen molar-refractivity contribution in [3.8, 4) is 5.75 Å². The van der Waals surface area contributed by atoms with Gasteiger partial charge in [0, 0.05) is 5.02 Å². The molecule has 2 aromatic rings. The highest BCUT2D eigenvalue weighted by atomic mass is 35.5. The Kier molecular flexibility index (Phi) is 4.80. The van der Waals surface area contributed by atoms with Crippen LogP contribution in [0.3, 0.4) is 0 Å². The Bertz CT molecular complexity index is 665. The van der Waals surface area contributed by atoms with Gasteiger partial charge in [0.2, 0.25) is 0 Å². The lowest BCUT2D eigenvalue weighted by Gasteiger charge is -2.44. The fourth-order valence-corrected chi connectivity index (χ4v) is 3.60. The molecule has 0 aliphatic heterocycles. The van der Waals surface area contributed by atoms with E-state index in [1.165, 1.54) is 6.33 Å². The van der Waals surface area contributed by atoms with Crippen molar-refractivity contribution in [1.82, 2.24) is 14.8 Å². The van der Waals surface area contributed by atoms with Gasteiger partial charge in [0.1, 0.15) is 30.1 Å². The zero-order valence-electron chi connectivity index (χ0n) is 12.8. The van der Waals surface area contributed by atoms with Crippen LogP contribution in [-0.4, -0.2) is 31.6 Å². The van der Waals surface area contributed by atoms with Gasteiger partial charge in [-0.15, -0.1) is 0 Å². The van der Waals surface area contributed by atoms with Crippen molar-refractivity contribution in [2.75, 3.05) is 0 Å². The predicted molar refractivity (Wildman–Crippen MR) is 88.9 cm³/mol. The maximum atomic E-state index is 11.3. The molecule has 3 rings (SSSR count). The van der Waals surface area contributed by atoms with Gasteiger partial charge in [0.15, 0.2) is 0 Å². The van der Waals surface area contributed by atoms with E-state index in [9.17, 15) is 5.11 Å². The normalized spacial score (nSPS) is 27.8. The molecule has 1 aliphatic carbocycles. The van der Waals surface area contributed by atoms with Crippen LogP contribution in [0.1, 0.15) is 26.2 Å². The lowest BCUT2D eigenvalue weighted by Crippen LogP contribution is -2.56. The van der Waals surface area contributed by atoms with Gasteiger partial charge in [0.05, 0.1) is 11.6 Å². The van der Waals surface area contributed by atoms with Gasteiger partial charge in [-0.2, -0.15) is 5.10 Å². The first-order valence-corrected chi connectivity index (χ1v) is 8.41. The summed E-state index contributed by atoms with van der Waals surface area (Å²) < 4.78 is 7.71. The maximum absolute atomic E-state index is 11.3. The van der Waals surface area contributed by atoms with E-state index in [0.29, 0.717) is 22.3 Å². The van der Waals surface area contributed by atoms with Crippen LogP contribution in [0.4, 0.5) is 0 Å². The van der Waals surface area contributed by atoms with Crippen molar-refractivity contribution in [2.45, 2.75) is 44.4 Å². The number of hydrogen-bond donors (Lipinski definition) is 1. The zero-order valence-corrected chi connectivity index (χ0v) is 14.3. The Morgan fingerprint density at radius 3 is 2.91 bits per heavy atom. The molecular formula is C16H19Cl2N3O2. The Morgan fingerprint density at radius 2 is 2.22 bits per heavy atom. The van der Waals surface area contributed by atoms with E-state index >= 15 is 0 Å². The number of halogens is 2. The van der Waals surface area contributed by atoms with Gasteiger partial charge in [-0.3, -0.25) is 0 Å². The van der Waals surface area contributed by atoms with Gasteiger partial charge >= 0.3 is 0 Å². The molecule has 124 valence electrons. The standard InChI is InChI=1S/C16H19Cl2N3O2/c1-11-3-2-4-15(16(11,22)8-21-10-19-9-20-21)23-14-6-5-12(17)7-13(14)18/h5-7,9-11,15,22H,2-4,8H2,1H3/t11-,15-,16+/m0/s1. The predicted octanol–water partition coefficient (Wildman–Crippen LogP) is 3.58. The molecule has 0 saturated heterocycles. The van der Waals surface area contributed by atoms with E-state index in [1.54, 1.807) is 29.2 Å². The summed E-state index contributed by atoms with van der Waals surface area (Å²) >= 11 is 12.1. The van der Waals surface area contributed by atoms with E-state index in [4.69, 9.17) is 27.9 Å². The molecule has 1 saturated carbocycles. The molecule has 1 aromatic heterocycles. The van der Waals surface area contributed by atoms with E-state index in [-0.39, 0.29) is 12.0 Å². The summed E-state index contributed by atoms with van der Waals surface area (Å²) in [5, 5.41) is 16.4. The second-order valence-electron chi connectivity index (χ2n) is 6.10. The summed E-state index contributed by atoms with van der Waals surface area (Å²) in [7, 11) is 0. The van der Waals surface area contributed by atoms with Crippen LogP contribution in [-0.2, 0) is 6.54 Å². The SMILES string of the molecule is C[C@H]1CCC[C@H](Oc2ccc(Cl)cc2Cl)[C@@]1(O)Cn1cncn1. The Morgan fingerprint density at radius 1 is 1.39 bits per heavy atom.